The van der Waals surface area contributed by atoms with E-state index < -0.39 is 11.3 Å². The molecule has 1 aliphatic carbocycles. The Bertz CT molecular complexity index is 1030. The Balaban J connectivity index is 1.94. The molecule has 0 saturated carbocycles. The Labute approximate surface area is 220 Å². The van der Waals surface area contributed by atoms with Crippen molar-refractivity contribution in [3.05, 3.63) is 35.5 Å². The van der Waals surface area contributed by atoms with Gasteiger partial charge in [0, 0.05) is 31.1 Å². The van der Waals surface area contributed by atoms with Gasteiger partial charge in [-0.25, -0.2) is 0 Å². The second-order valence-electron chi connectivity index (χ2n) is 10.9. The smallest absolute Gasteiger partial charge is 0.317 e. The molecular formula is C29H42N2O6. The number of likely N-dealkylation sites (tertiary alicyclic amines) is 1. The second kappa shape index (κ2) is 12.0. The van der Waals surface area contributed by atoms with E-state index in [1.807, 2.05) is 24.3 Å². The van der Waals surface area contributed by atoms with Crippen LogP contribution in [0.2, 0.25) is 0 Å². The predicted octanol–water partition coefficient (Wildman–Crippen LogP) is 4.26. The summed E-state index contributed by atoms with van der Waals surface area (Å²) >= 11 is 0. The number of unbranched alkanes of at least 4 members (excludes halogenated alkanes) is 1. The van der Waals surface area contributed by atoms with E-state index in [4.69, 9.17) is 14.2 Å². The molecule has 204 valence electrons. The average Bonchev–Trinajstić information content (AvgIpc) is 2.87. The van der Waals surface area contributed by atoms with Crippen molar-refractivity contribution < 1.29 is 28.6 Å². The highest BCUT2D eigenvalue weighted by atomic mass is 16.5. The number of nitrogens with one attached hydrogen (secondary N) is 1. The number of nitrogens with zero attached hydrogens (tertiary/aromatic N) is 1. The summed E-state index contributed by atoms with van der Waals surface area (Å²) in [6.45, 7) is 7.28. The number of methoxy groups -OCH3 is 3. The Hall–Kier alpha value is -3.03. The zero-order chi connectivity index (χ0) is 27.2. The van der Waals surface area contributed by atoms with Gasteiger partial charge in [-0.3, -0.25) is 14.4 Å². The molecule has 0 radical (unpaired) electrons. The molecule has 2 atom stereocenters. The number of carbonyl (C=O) groups excluding carboxylic acids is 3. The number of carbonyl (C=O) groups is 3. The van der Waals surface area contributed by atoms with E-state index in [-0.39, 0.29) is 36.0 Å². The lowest BCUT2D eigenvalue weighted by atomic mass is 9.59. The first-order chi connectivity index (χ1) is 17.6. The van der Waals surface area contributed by atoms with Crippen LogP contribution in [0.25, 0.3) is 0 Å². The van der Waals surface area contributed by atoms with Crippen LogP contribution in [0.4, 0.5) is 0 Å². The van der Waals surface area contributed by atoms with Crippen molar-refractivity contribution >= 4 is 17.8 Å². The number of fused-ring (bicyclic) bond motifs is 1. The molecule has 2 aliphatic rings. The number of hydrogen-bond acceptors (Lipinski definition) is 6. The van der Waals surface area contributed by atoms with Crippen LogP contribution in [0, 0.1) is 16.7 Å². The quantitative estimate of drug-likeness (QED) is 0.350. The van der Waals surface area contributed by atoms with Crippen LogP contribution < -0.4 is 14.8 Å². The minimum Gasteiger partial charge on any atom is -0.493 e. The van der Waals surface area contributed by atoms with Crippen molar-refractivity contribution in [2.75, 3.05) is 34.4 Å². The fraction of sp³-hybridized carbons (Fsp3) is 0.621. The molecule has 0 unspecified atom stereocenters. The molecule has 37 heavy (non-hydrogen) atoms. The van der Waals surface area contributed by atoms with Crippen LogP contribution in [-0.4, -0.2) is 57.1 Å². The summed E-state index contributed by atoms with van der Waals surface area (Å²) in [7, 11) is 4.57. The van der Waals surface area contributed by atoms with Gasteiger partial charge in [-0.15, -0.1) is 0 Å². The lowest BCUT2D eigenvalue weighted by Gasteiger charge is -2.51. The van der Waals surface area contributed by atoms with Crippen molar-refractivity contribution in [1.29, 1.82) is 0 Å². The van der Waals surface area contributed by atoms with Gasteiger partial charge in [-0.1, -0.05) is 39.3 Å². The minimum atomic E-state index is -0.962. The van der Waals surface area contributed by atoms with Gasteiger partial charge in [-0.2, -0.15) is 0 Å². The molecule has 0 bridgehead atoms. The molecule has 1 aromatic rings. The standard InChI is InChI=1S/C29H42N2O6/c1-7-8-14-30-25(32)17-21-18-29(27(34)37-6)19-28(2,3)13-11-24(29)31(26(21)33)15-12-20-9-10-22(35-4)23(16-20)36-5/h9-11,16,21H,7-8,12-15,17-19H2,1-6H3,(H,30,32)/t21-,29-/m1/s1. The van der Waals surface area contributed by atoms with E-state index in [2.05, 4.69) is 26.1 Å². The van der Waals surface area contributed by atoms with Crippen molar-refractivity contribution in [2.24, 2.45) is 16.7 Å². The Kier molecular flexibility index (Phi) is 9.26. The molecule has 2 amide bonds. The third-order valence-corrected chi connectivity index (χ3v) is 7.55. The van der Waals surface area contributed by atoms with Crippen LogP contribution in [0.5, 0.6) is 11.5 Å². The number of piperidine rings is 1. The topological polar surface area (TPSA) is 94.2 Å². The molecule has 1 heterocycles. The normalized spacial score (nSPS) is 22.5. The number of esters is 1. The lowest BCUT2D eigenvalue weighted by molar-refractivity contribution is -0.162. The maximum Gasteiger partial charge on any atom is 0.317 e. The summed E-state index contributed by atoms with van der Waals surface area (Å²) in [5, 5.41) is 2.93. The van der Waals surface area contributed by atoms with E-state index in [9.17, 15) is 14.4 Å². The summed E-state index contributed by atoms with van der Waals surface area (Å²) < 4.78 is 16.1. The monoisotopic (exact) mass is 514 g/mol. The summed E-state index contributed by atoms with van der Waals surface area (Å²) in [5.41, 5.74) is 0.592. The third kappa shape index (κ3) is 6.28. The molecule has 0 aromatic heterocycles. The average molecular weight is 515 g/mol. The van der Waals surface area contributed by atoms with Gasteiger partial charge in [0.15, 0.2) is 11.5 Å². The van der Waals surface area contributed by atoms with E-state index in [0.717, 1.165) is 24.8 Å². The lowest BCUT2D eigenvalue weighted by Crippen LogP contribution is -2.56. The zero-order valence-electron chi connectivity index (χ0n) is 23.1. The minimum absolute atomic E-state index is 0.0574. The molecule has 1 aliphatic heterocycles. The van der Waals surface area contributed by atoms with E-state index in [1.165, 1.54) is 7.11 Å². The Morgan fingerprint density at radius 1 is 1.14 bits per heavy atom. The molecule has 1 N–H and O–H groups in total. The number of ether oxygens (including phenoxy) is 3. The van der Waals surface area contributed by atoms with Gasteiger partial charge in [0.25, 0.3) is 0 Å². The van der Waals surface area contributed by atoms with Crippen LogP contribution in [-0.2, 0) is 25.5 Å². The third-order valence-electron chi connectivity index (χ3n) is 7.55. The number of amides is 2. The summed E-state index contributed by atoms with van der Waals surface area (Å²) in [5.74, 6) is 0.0417. The van der Waals surface area contributed by atoms with Crippen molar-refractivity contribution in [3.63, 3.8) is 0 Å². The fourth-order valence-electron chi connectivity index (χ4n) is 5.76. The first kappa shape index (κ1) is 28.5. The first-order valence-electron chi connectivity index (χ1n) is 13.2. The van der Waals surface area contributed by atoms with E-state index in [1.54, 1.807) is 19.1 Å². The molecule has 1 fully saturated rings. The summed E-state index contributed by atoms with van der Waals surface area (Å²) in [4.78, 5) is 41.7. The SMILES string of the molecule is CCCCNC(=O)C[C@@H]1C[C@@]2(C(=O)OC)CC(C)(C)CC=C2N(CCc2ccc(OC)c(OC)c2)C1=O. The number of hydrogen-bond donors (Lipinski definition) is 1. The van der Waals surface area contributed by atoms with Gasteiger partial charge in [-0.05, 0) is 55.2 Å². The molecule has 8 heteroatoms. The van der Waals surface area contributed by atoms with Gasteiger partial charge < -0.3 is 24.4 Å². The highest BCUT2D eigenvalue weighted by Crippen LogP contribution is 2.54. The van der Waals surface area contributed by atoms with E-state index in [0.29, 0.717) is 43.1 Å². The van der Waals surface area contributed by atoms with Crippen molar-refractivity contribution in [3.8, 4) is 11.5 Å². The van der Waals surface area contributed by atoms with Crippen molar-refractivity contribution in [1.82, 2.24) is 10.2 Å². The number of rotatable bonds is 11. The maximum atomic E-state index is 13.8. The number of benzene rings is 1. The molecular weight excluding hydrogens is 472 g/mol. The van der Waals surface area contributed by atoms with Crippen LogP contribution in [0.3, 0.4) is 0 Å². The fourth-order valence-corrected chi connectivity index (χ4v) is 5.76. The Morgan fingerprint density at radius 3 is 2.51 bits per heavy atom. The molecule has 8 nitrogen and oxygen atoms in total. The molecule has 1 aromatic carbocycles. The van der Waals surface area contributed by atoms with Crippen LogP contribution >= 0.6 is 0 Å². The highest BCUT2D eigenvalue weighted by molar-refractivity contribution is 5.92. The van der Waals surface area contributed by atoms with Gasteiger partial charge in [0.2, 0.25) is 11.8 Å². The zero-order valence-corrected chi connectivity index (χ0v) is 23.1. The molecule has 1 saturated heterocycles. The summed E-state index contributed by atoms with van der Waals surface area (Å²) in [6, 6.07) is 5.69. The molecule has 3 rings (SSSR count). The first-order valence-corrected chi connectivity index (χ1v) is 13.2. The van der Waals surface area contributed by atoms with Gasteiger partial charge in [0.1, 0.15) is 5.41 Å². The second-order valence-corrected chi connectivity index (χ2v) is 10.9. The highest BCUT2D eigenvalue weighted by Gasteiger charge is 2.57. The molecule has 0 spiro atoms. The van der Waals surface area contributed by atoms with Crippen molar-refractivity contribution in [2.45, 2.75) is 65.7 Å². The predicted molar refractivity (Wildman–Crippen MR) is 141 cm³/mol. The van der Waals surface area contributed by atoms with Crippen LogP contribution in [0.15, 0.2) is 30.0 Å². The Morgan fingerprint density at radius 2 is 1.86 bits per heavy atom. The maximum absolute atomic E-state index is 13.8. The van der Waals surface area contributed by atoms with Gasteiger partial charge >= 0.3 is 5.97 Å². The van der Waals surface area contributed by atoms with Gasteiger partial charge in [0.05, 0.1) is 21.3 Å². The number of allylic oxidation sites excluding steroid dienone is 1. The van der Waals surface area contributed by atoms with Crippen LogP contribution in [0.1, 0.15) is 64.9 Å². The summed E-state index contributed by atoms with van der Waals surface area (Å²) in [6.07, 6.45) is 6.10. The largest absolute Gasteiger partial charge is 0.493 e. The van der Waals surface area contributed by atoms with E-state index >= 15 is 0 Å².